The van der Waals surface area contributed by atoms with Crippen molar-refractivity contribution < 1.29 is 77.0 Å². The SMILES string of the molecule is CC(=O)N[C@H](Cc1ccc2ccccc2c1)C(=O)N[C@H](Cc1ccc(Cl)cc1)C(=O)N[C@H](Cc1cccnc1)C(=O)N[C@@H](CO)C(=O)N[C@H](Cc1ccc(NC(=O)[C@@H]2CC(=O)NC(=O)N2)cc1)C(=O)N[C@H](Cc1ccc(NC(N)=O)cc1)C(=O)N[C@@H](CC(C)C)C(=O)N[C@@H](CCCCNC(C)C)C(=O)N1CCC[C@H]1C(=O)N[C@H](C)C(N)=O. The van der Waals surface area contributed by atoms with Crippen LogP contribution in [0.25, 0.3) is 10.8 Å². The molecule has 5 aromatic carbocycles. The average Bonchev–Trinajstić information content (AvgIpc) is 1.81. The zero-order valence-corrected chi connectivity index (χ0v) is 66.6. The molecule has 11 atom stereocenters. The molecule has 2 aliphatic rings. The third kappa shape index (κ3) is 28.5. The van der Waals surface area contributed by atoms with Crippen LogP contribution in [-0.2, 0) is 94.4 Å². The molecular formula is C82H103ClN18O16. The van der Waals surface area contributed by atoms with Gasteiger partial charge in [-0.15, -0.1) is 0 Å². The summed E-state index contributed by atoms with van der Waals surface area (Å²) in [4.78, 5) is 213. The van der Waals surface area contributed by atoms with E-state index in [-0.39, 0.29) is 86.8 Å². The van der Waals surface area contributed by atoms with Crippen LogP contribution in [0.3, 0.4) is 0 Å². The maximum atomic E-state index is 15.5. The fourth-order valence-corrected chi connectivity index (χ4v) is 13.5. The molecule has 2 aliphatic heterocycles. The molecule has 6 aromatic rings. The lowest BCUT2D eigenvalue weighted by Gasteiger charge is -2.31. The van der Waals surface area contributed by atoms with Crippen molar-refractivity contribution in [2.75, 3.05) is 30.3 Å². The van der Waals surface area contributed by atoms with Crippen LogP contribution < -0.4 is 85.9 Å². The summed E-state index contributed by atoms with van der Waals surface area (Å²) in [7, 11) is 0. The van der Waals surface area contributed by atoms with Crippen molar-refractivity contribution in [2.24, 2.45) is 17.4 Å². The van der Waals surface area contributed by atoms with E-state index in [0.29, 0.717) is 53.1 Å². The molecule has 624 valence electrons. The summed E-state index contributed by atoms with van der Waals surface area (Å²) in [5.74, 6) is -11.0. The van der Waals surface area contributed by atoms with Gasteiger partial charge in [0.15, 0.2) is 0 Å². The number of benzene rings is 5. The molecule has 3 heterocycles. The van der Waals surface area contributed by atoms with Gasteiger partial charge in [0.2, 0.25) is 76.8 Å². The molecular weight excluding hydrogens is 1530 g/mol. The second-order valence-corrected chi connectivity index (χ2v) is 30.2. The first-order valence-corrected chi connectivity index (χ1v) is 39.1. The predicted molar refractivity (Wildman–Crippen MR) is 434 cm³/mol. The van der Waals surface area contributed by atoms with Crippen LogP contribution in [0.4, 0.5) is 21.0 Å². The van der Waals surface area contributed by atoms with E-state index in [1.807, 2.05) is 61.6 Å². The first-order valence-electron chi connectivity index (χ1n) is 38.7. The van der Waals surface area contributed by atoms with E-state index < -0.39 is 168 Å². The van der Waals surface area contributed by atoms with E-state index in [2.05, 4.69) is 74.1 Å². The molecule has 17 amide bonds. The van der Waals surface area contributed by atoms with Gasteiger partial charge in [-0.3, -0.25) is 72.6 Å². The van der Waals surface area contributed by atoms with Gasteiger partial charge in [0.25, 0.3) is 0 Å². The van der Waals surface area contributed by atoms with Crippen LogP contribution in [0, 0.1) is 5.92 Å². The molecule has 0 spiro atoms. The van der Waals surface area contributed by atoms with Crippen molar-refractivity contribution in [3.05, 3.63) is 173 Å². The Morgan fingerprint density at radius 2 is 1.03 bits per heavy atom. The van der Waals surface area contributed by atoms with Gasteiger partial charge in [0.1, 0.15) is 66.5 Å². The fourth-order valence-electron chi connectivity index (χ4n) is 13.4. The third-order valence-corrected chi connectivity index (χ3v) is 19.7. The number of nitrogens with zero attached hydrogens (tertiary/aromatic N) is 2. The van der Waals surface area contributed by atoms with Crippen LogP contribution >= 0.6 is 11.6 Å². The molecule has 8 rings (SSSR count). The highest BCUT2D eigenvalue weighted by Crippen LogP contribution is 2.24. The second-order valence-electron chi connectivity index (χ2n) is 29.8. The number of carbonyl (C=O) groups is 15. The molecule has 34 nitrogen and oxygen atoms in total. The summed E-state index contributed by atoms with van der Waals surface area (Å²) in [5.41, 5.74) is 13.6. The Labute approximate surface area is 681 Å². The Hall–Kier alpha value is -12.4. The highest BCUT2D eigenvalue weighted by molar-refractivity contribution is 6.30. The number of rotatable bonds is 41. The molecule has 35 heteroatoms. The number of aromatic nitrogens is 1. The van der Waals surface area contributed by atoms with Gasteiger partial charge < -0.3 is 90.6 Å². The summed E-state index contributed by atoms with van der Waals surface area (Å²) < 4.78 is 0. The minimum absolute atomic E-state index is 0.00410. The van der Waals surface area contributed by atoms with E-state index in [9.17, 15) is 62.6 Å². The monoisotopic (exact) mass is 1630 g/mol. The van der Waals surface area contributed by atoms with Crippen LogP contribution in [0.15, 0.2) is 140 Å². The molecule has 0 unspecified atom stereocenters. The summed E-state index contributed by atoms with van der Waals surface area (Å²) in [6.45, 7) is 9.74. The number of unbranched alkanes of at least 4 members (excludes halogenated alkanes) is 1. The van der Waals surface area contributed by atoms with Gasteiger partial charge in [0.05, 0.1) is 13.0 Å². The lowest BCUT2D eigenvalue weighted by Crippen LogP contribution is -2.62. The number of urea groups is 2. The summed E-state index contributed by atoms with van der Waals surface area (Å²) in [6.07, 6.45) is 3.04. The van der Waals surface area contributed by atoms with Crippen molar-refractivity contribution in [1.29, 1.82) is 0 Å². The number of aliphatic hydroxyl groups is 1. The number of hydrogen-bond acceptors (Lipinski definition) is 18. The van der Waals surface area contributed by atoms with Gasteiger partial charge in [-0.1, -0.05) is 124 Å². The predicted octanol–water partition coefficient (Wildman–Crippen LogP) is 1.51. The number of aliphatic hydroxyl groups excluding tert-OH is 1. The van der Waals surface area contributed by atoms with Crippen molar-refractivity contribution >= 4 is 123 Å². The van der Waals surface area contributed by atoms with E-state index in [0.717, 1.165) is 10.8 Å². The molecule has 0 radical (unpaired) electrons. The molecule has 19 N–H and O–H groups in total. The number of amides is 17. The normalized spacial score (nSPS) is 16.1. The number of halogens is 1. The second kappa shape index (κ2) is 43.9. The summed E-state index contributed by atoms with van der Waals surface area (Å²) in [6, 6.07) is 17.3. The maximum absolute atomic E-state index is 15.5. The van der Waals surface area contributed by atoms with E-state index >= 15 is 14.4 Å². The Kier molecular flexibility index (Phi) is 33.8. The number of likely N-dealkylation sites (tertiary alicyclic amines) is 1. The lowest BCUT2D eigenvalue weighted by molar-refractivity contribution is -0.142. The minimum atomic E-state index is -1.92. The van der Waals surface area contributed by atoms with Gasteiger partial charge >= 0.3 is 12.1 Å². The summed E-state index contributed by atoms with van der Waals surface area (Å²) >= 11 is 6.27. The van der Waals surface area contributed by atoms with E-state index in [1.165, 1.54) is 79.7 Å². The molecule has 0 saturated carbocycles. The highest BCUT2D eigenvalue weighted by Gasteiger charge is 2.41. The molecule has 0 bridgehead atoms. The van der Waals surface area contributed by atoms with E-state index in [1.54, 1.807) is 50.2 Å². The number of anilines is 2. The highest BCUT2D eigenvalue weighted by atomic mass is 35.5. The molecule has 0 aliphatic carbocycles. The Morgan fingerprint density at radius 1 is 0.538 bits per heavy atom. The minimum Gasteiger partial charge on any atom is -0.394 e. The molecule has 2 saturated heterocycles. The van der Waals surface area contributed by atoms with Crippen LogP contribution in [0.2, 0.25) is 5.02 Å². The first kappa shape index (κ1) is 90.1. The van der Waals surface area contributed by atoms with Gasteiger partial charge in [0, 0.05) is 80.4 Å². The van der Waals surface area contributed by atoms with Crippen molar-refractivity contribution in [3.63, 3.8) is 0 Å². The quantitative estimate of drug-likeness (QED) is 0.0242. The van der Waals surface area contributed by atoms with Crippen LogP contribution in [0.5, 0.6) is 0 Å². The largest absolute Gasteiger partial charge is 0.394 e. The number of pyridine rings is 1. The zero-order valence-electron chi connectivity index (χ0n) is 65.9. The van der Waals surface area contributed by atoms with Gasteiger partial charge in [-0.2, -0.15) is 0 Å². The molecule has 1 aromatic heterocycles. The molecule has 2 fully saturated rings. The smallest absolute Gasteiger partial charge is 0.322 e. The third-order valence-electron chi connectivity index (χ3n) is 19.4. The Balaban J connectivity index is 1.10. The van der Waals surface area contributed by atoms with Crippen molar-refractivity contribution in [2.45, 2.75) is 191 Å². The maximum Gasteiger partial charge on any atom is 0.322 e. The number of imide groups is 1. The topological polar surface area (TPSA) is 513 Å². The number of nitrogens with one attached hydrogen (secondary N) is 14. The number of hydrogen-bond donors (Lipinski definition) is 17. The van der Waals surface area contributed by atoms with Gasteiger partial charge in [-0.05, 0) is 139 Å². The van der Waals surface area contributed by atoms with Crippen molar-refractivity contribution in [1.82, 2.24) is 73.7 Å². The number of carbonyl (C=O) groups excluding carboxylic acids is 15. The van der Waals surface area contributed by atoms with E-state index in [4.69, 9.17) is 23.1 Å². The standard InChI is InChI=1S/C82H103ClN18O16/c1-45(2)35-60(72(107)92-59(16-9-10-33-87-46(3)4)80(115)101-34-12-17-68(101)79(114)88-47(5)70(84)105)93-74(109)63(38-51-23-30-58(31-24-51)91-81(85)116)95-76(111)64(39-50-21-28-57(29-22-50)90-71(106)66-42-69(104)100-82(117)99-66)97-78(113)67(44-102)98-77(112)65(41-53-13-11-32-86-43-53)96-75(110)62(37-49-19-26-56(83)27-20-49)94-73(108)61(89-48(6)103)40-52-18-25-54-14-7-8-15-55(54)36-52/h7-8,11,13-15,18-32,36,43,45-47,59-68,87,102H,9-10,12,16-17,33-35,37-42,44H2,1-6H3,(H2,84,105)(H,88,114)(H,89,103)(H,90,106)(H,92,107)(H,93,109)(H,94,108)(H,95,111)(H,96,110)(H,97,113)(H,98,112)(H3,85,91,116)(H2,99,100,104,117)/t47-,59+,60+,61-,62-,63-,64-,65-,66+,67+,68+/m1/s1. The van der Waals surface area contributed by atoms with Crippen LogP contribution in [0.1, 0.15) is 114 Å². The zero-order chi connectivity index (χ0) is 85.0. The number of fused-ring (bicyclic) bond motifs is 1. The average molecular weight is 1630 g/mol. The fraction of sp³-hybridized carbons (Fsp3) is 0.415. The lowest BCUT2D eigenvalue weighted by atomic mass is 9.99. The van der Waals surface area contributed by atoms with Gasteiger partial charge in [-0.25, -0.2) is 9.59 Å². The molecule has 117 heavy (non-hydrogen) atoms. The first-order chi connectivity index (χ1) is 55.8. The Morgan fingerprint density at radius 3 is 1.54 bits per heavy atom. The number of primary amides is 2. The van der Waals surface area contributed by atoms with Crippen LogP contribution in [-0.4, -0.2) is 196 Å². The summed E-state index contributed by atoms with van der Waals surface area (Å²) in [5, 5.41) is 50.4. The number of nitrogens with two attached hydrogens (primary N) is 2. The van der Waals surface area contributed by atoms with Crippen molar-refractivity contribution in [3.8, 4) is 0 Å². The Bertz CT molecular complexity index is 4520.